The molecule has 2 aromatic heterocycles. The predicted molar refractivity (Wildman–Crippen MR) is 112 cm³/mol. The van der Waals surface area contributed by atoms with E-state index in [1.54, 1.807) is 29.2 Å². The number of amides is 1. The third kappa shape index (κ3) is 5.20. The van der Waals surface area contributed by atoms with Gasteiger partial charge in [0.2, 0.25) is 5.91 Å². The summed E-state index contributed by atoms with van der Waals surface area (Å²) in [6.45, 7) is 0.642. The predicted octanol–water partition coefficient (Wildman–Crippen LogP) is 4.70. The summed E-state index contributed by atoms with van der Waals surface area (Å²) in [6, 6.07) is 4.51. The van der Waals surface area contributed by atoms with Gasteiger partial charge in [0.1, 0.15) is 5.82 Å². The molecule has 1 fully saturated rings. The number of hydrogen-bond donors (Lipinski definition) is 1. The van der Waals surface area contributed by atoms with Crippen LogP contribution < -0.4 is 5.32 Å². The summed E-state index contributed by atoms with van der Waals surface area (Å²) >= 11 is 6.68. The average Bonchev–Trinajstić information content (AvgIpc) is 3.37. The molecule has 0 aliphatic heterocycles. The topological polar surface area (TPSA) is 59.8 Å². The number of carbonyl (C=O) groups is 1. The van der Waals surface area contributed by atoms with Gasteiger partial charge in [-0.15, -0.1) is 21.5 Å². The molecule has 1 aliphatic carbocycles. The van der Waals surface area contributed by atoms with Crippen molar-refractivity contribution in [3.63, 3.8) is 0 Å². The third-order valence-electron chi connectivity index (χ3n) is 4.48. The monoisotopic (exact) mass is 454 g/mol. The van der Waals surface area contributed by atoms with Crippen molar-refractivity contribution >= 4 is 51.0 Å². The Balaban J connectivity index is 1.47. The Bertz CT molecular complexity index is 765. The quantitative estimate of drug-likeness (QED) is 0.356. The number of nitrogens with one attached hydrogen (secondary N) is 1. The van der Waals surface area contributed by atoms with Crippen LogP contribution in [0, 0.1) is 0 Å². The fraction of sp³-hybridized carbons (Fsp3) is 0.500. The highest BCUT2D eigenvalue weighted by Gasteiger charge is 2.23. The van der Waals surface area contributed by atoms with E-state index in [1.165, 1.54) is 25.7 Å². The van der Waals surface area contributed by atoms with Crippen LogP contribution >= 0.6 is 39.0 Å². The van der Waals surface area contributed by atoms with Crippen LogP contribution in [0.4, 0.5) is 0 Å². The van der Waals surface area contributed by atoms with Gasteiger partial charge in [0.05, 0.1) is 3.79 Å². The Labute approximate surface area is 170 Å². The molecular formula is C18H23BrN4OS2. The fourth-order valence-electron chi connectivity index (χ4n) is 3.24. The molecule has 0 unspecified atom stereocenters. The van der Waals surface area contributed by atoms with Gasteiger partial charge in [-0.2, -0.15) is 0 Å². The number of rotatable bonds is 8. The molecule has 0 radical (unpaired) electrons. The largest absolute Gasteiger partial charge is 0.353 e. The normalized spacial score (nSPS) is 15.2. The molecule has 0 atom stereocenters. The molecule has 3 rings (SSSR count). The first kappa shape index (κ1) is 19.6. The minimum absolute atomic E-state index is 0.0587. The van der Waals surface area contributed by atoms with Crippen LogP contribution in [0.25, 0.3) is 6.08 Å². The van der Waals surface area contributed by atoms with Gasteiger partial charge in [0.15, 0.2) is 5.16 Å². The molecule has 1 saturated carbocycles. The molecule has 0 bridgehead atoms. The molecule has 1 aliphatic rings. The molecule has 5 nitrogen and oxygen atoms in total. The van der Waals surface area contributed by atoms with Crippen molar-refractivity contribution < 1.29 is 4.79 Å². The summed E-state index contributed by atoms with van der Waals surface area (Å²) in [5.74, 6) is 0.992. The van der Waals surface area contributed by atoms with Crippen LogP contribution in [0.5, 0.6) is 0 Å². The molecule has 8 heteroatoms. The fourth-order valence-corrected chi connectivity index (χ4v) is 5.14. The molecule has 2 aromatic rings. The summed E-state index contributed by atoms with van der Waals surface area (Å²) in [6.07, 6.45) is 12.2. The van der Waals surface area contributed by atoms with E-state index in [0.29, 0.717) is 12.6 Å². The zero-order chi connectivity index (χ0) is 18.4. The SMILES string of the molecule is CSc1nnc(CCCNC(=O)/C=C/c2ccc(Br)s2)n1C1CCCC1. The number of aryl methyl sites for hydroxylation is 1. The minimum Gasteiger partial charge on any atom is -0.353 e. The average molecular weight is 455 g/mol. The van der Waals surface area contributed by atoms with Gasteiger partial charge in [-0.3, -0.25) is 4.79 Å². The van der Waals surface area contributed by atoms with Crippen molar-refractivity contribution in [2.24, 2.45) is 0 Å². The molecule has 0 spiro atoms. The number of thiophene rings is 1. The number of hydrogen-bond acceptors (Lipinski definition) is 5. The van der Waals surface area contributed by atoms with Gasteiger partial charge in [0, 0.05) is 30.0 Å². The number of halogens is 1. The zero-order valence-electron chi connectivity index (χ0n) is 14.8. The lowest BCUT2D eigenvalue weighted by molar-refractivity contribution is -0.116. The highest BCUT2D eigenvalue weighted by atomic mass is 79.9. The smallest absolute Gasteiger partial charge is 0.244 e. The van der Waals surface area contributed by atoms with Crippen molar-refractivity contribution in [3.8, 4) is 0 Å². The Hall–Kier alpha value is -1.12. The second-order valence-corrected chi connectivity index (χ2v) is 9.55. The zero-order valence-corrected chi connectivity index (χ0v) is 18.0. The van der Waals surface area contributed by atoms with Crippen molar-refractivity contribution in [1.82, 2.24) is 20.1 Å². The lowest BCUT2D eigenvalue weighted by atomic mass is 10.2. The molecule has 2 heterocycles. The number of nitrogens with zero attached hydrogens (tertiary/aromatic N) is 3. The van der Waals surface area contributed by atoms with Crippen molar-refractivity contribution in [1.29, 1.82) is 0 Å². The lowest BCUT2D eigenvalue weighted by Crippen LogP contribution is -2.23. The van der Waals surface area contributed by atoms with Crippen LogP contribution in [0.2, 0.25) is 0 Å². The van der Waals surface area contributed by atoms with Crippen LogP contribution in [-0.4, -0.2) is 33.5 Å². The number of thioether (sulfide) groups is 1. The summed E-state index contributed by atoms with van der Waals surface area (Å²) in [7, 11) is 0. The Morgan fingerprint density at radius 3 is 2.92 bits per heavy atom. The highest BCUT2D eigenvalue weighted by molar-refractivity contribution is 9.11. The van der Waals surface area contributed by atoms with Crippen molar-refractivity contribution in [3.05, 3.63) is 32.7 Å². The van der Waals surface area contributed by atoms with Gasteiger partial charge >= 0.3 is 0 Å². The van der Waals surface area contributed by atoms with Gasteiger partial charge in [0.25, 0.3) is 0 Å². The van der Waals surface area contributed by atoms with E-state index in [2.05, 4.69) is 42.3 Å². The first-order chi connectivity index (χ1) is 12.7. The second-order valence-electron chi connectivity index (χ2n) is 6.28. The van der Waals surface area contributed by atoms with Gasteiger partial charge in [-0.05, 0) is 59.7 Å². The Kier molecular flexibility index (Phi) is 7.33. The van der Waals surface area contributed by atoms with E-state index in [-0.39, 0.29) is 5.91 Å². The first-order valence-electron chi connectivity index (χ1n) is 8.86. The third-order valence-corrected chi connectivity index (χ3v) is 6.71. The summed E-state index contributed by atoms with van der Waals surface area (Å²) in [5, 5.41) is 12.7. The van der Waals surface area contributed by atoms with Crippen LogP contribution in [0.15, 0.2) is 27.2 Å². The standard InChI is InChI=1S/C18H23BrN4OS2/c1-25-18-22-21-16(23(18)13-5-2-3-6-13)7-4-12-20-17(24)11-9-14-8-10-15(19)26-14/h8-11,13H,2-7,12H2,1H3,(H,20,24)/b11-9+. The minimum atomic E-state index is -0.0587. The van der Waals surface area contributed by atoms with Gasteiger partial charge in [-0.25, -0.2) is 0 Å². The van der Waals surface area contributed by atoms with Crippen LogP contribution in [0.3, 0.4) is 0 Å². The van der Waals surface area contributed by atoms with Gasteiger partial charge in [-0.1, -0.05) is 24.6 Å². The van der Waals surface area contributed by atoms with Crippen LogP contribution in [-0.2, 0) is 11.2 Å². The molecule has 0 saturated heterocycles. The highest BCUT2D eigenvalue weighted by Crippen LogP contribution is 2.33. The second kappa shape index (κ2) is 9.71. The van der Waals surface area contributed by atoms with E-state index in [1.807, 2.05) is 18.2 Å². The molecule has 0 aromatic carbocycles. The number of aromatic nitrogens is 3. The van der Waals surface area contributed by atoms with E-state index in [0.717, 1.165) is 32.5 Å². The Morgan fingerprint density at radius 2 is 2.23 bits per heavy atom. The van der Waals surface area contributed by atoms with Crippen molar-refractivity contribution in [2.45, 2.75) is 49.7 Å². The molecule has 1 amide bonds. The van der Waals surface area contributed by atoms with E-state index < -0.39 is 0 Å². The van der Waals surface area contributed by atoms with Gasteiger partial charge < -0.3 is 9.88 Å². The summed E-state index contributed by atoms with van der Waals surface area (Å²) < 4.78 is 3.39. The van der Waals surface area contributed by atoms with E-state index >= 15 is 0 Å². The maximum absolute atomic E-state index is 11.9. The Morgan fingerprint density at radius 1 is 1.42 bits per heavy atom. The molecule has 1 N–H and O–H groups in total. The van der Waals surface area contributed by atoms with Crippen LogP contribution in [0.1, 0.15) is 48.8 Å². The van der Waals surface area contributed by atoms with E-state index in [9.17, 15) is 4.79 Å². The lowest BCUT2D eigenvalue weighted by Gasteiger charge is -2.16. The molecular weight excluding hydrogens is 432 g/mol. The maximum atomic E-state index is 11.9. The van der Waals surface area contributed by atoms with Crippen molar-refractivity contribution in [2.75, 3.05) is 12.8 Å². The maximum Gasteiger partial charge on any atom is 0.244 e. The number of carbonyl (C=O) groups excluding carboxylic acids is 1. The summed E-state index contributed by atoms with van der Waals surface area (Å²) in [4.78, 5) is 13.0. The molecule has 140 valence electrons. The molecule has 26 heavy (non-hydrogen) atoms. The first-order valence-corrected chi connectivity index (χ1v) is 11.7. The van der Waals surface area contributed by atoms with E-state index in [4.69, 9.17) is 0 Å². The summed E-state index contributed by atoms with van der Waals surface area (Å²) in [5.41, 5.74) is 0.